The van der Waals surface area contributed by atoms with Crippen LogP contribution in [0.15, 0.2) is 18.2 Å². The Bertz CT molecular complexity index is 640. The molecule has 21 heavy (non-hydrogen) atoms. The van der Waals surface area contributed by atoms with Crippen LogP contribution in [0.1, 0.15) is 20.3 Å². The number of amides is 1. The van der Waals surface area contributed by atoms with Crippen molar-refractivity contribution in [1.82, 2.24) is 4.90 Å². The fourth-order valence-electron chi connectivity index (χ4n) is 2.95. The number of fused-ring (bicyclic) bond motifs is 1. The SMILES string of the molecule is [C-]#[N+][C@@H]1C[C@]2(CN1C(C)C)Oc1c(F)cccc1NC2=O. The first-order chi connectivity index (χ1) is 9.97. The Labute approximate surface area is 122 Å². The zero-order chi connectivity index (χ0) is 15.2. The standard InChI is InChI=1S/C15H16FN3O2/c1-9(2)19-8-15(7-12(19)17-3)14(20)18-11-6-4-5-10(16)13(11)21-15/h4-6,9,12H,7-8H2,1-2H3,(H,18,20)/t12-,15+/m0/s1. The van der Waals surface area contributed by atoms with Crippen LogP contribution in [0, 0.1) is 12.4 Å². The van der Waals surface area contributed by atoms with Crippen molar-refractivity contribution in [2.75, 3.05) is 11.9 Å². The van der Waals surface area contributed by atoms with Crippen molar-refractivity contribution in [2.45, 2.75) is 38.1 Å². The third kappa shape index (κ3) is 2.05. The van der Waals surface area contributed by atoms with E-state index in [4.69, 9.17) is 11.3 Å². The average Bonchev–Trinajstić information content (AvgIpc) is 2.82. The molecule has 2 aliphatic heterocycles. The summed E-state index contributed by atoms with van der Waals surface area (Å²) >= 11 is 0. The van der Waals surface area contributed by atoms with Crippen LogP contribution in [0.2, 0.25) is 0 Å². The van der Waals surface area contributed by atoms with E-state index in [-0.39, 0.29) is 30.7 Å². The molecule has 0 unspecified atom stereocenters. The van der Waals surface area contributed by atoms with E-state index in [0.29, 0.717) is 5.69 Å². The molecule has 0 radical (unpaired) electrons. The Balaban J connectivity index is 1.99. The molecule has 1 amide bonds. The third-order valence-electron chi connectivity index (χ3n) is 4.07. The molecule has 1 spiro atoms. The smallest absolute Gasteiger partial charge is 0.284 e. The summed E-state index contributed by atoms with van der Waals surface area (Å²) in [5.74, 6) is -0.752. The molecule has 0 bridgehead atoms. The number of nitrogens with zero attached hydrogens (tertiary/aromatic N) is 2. The van der Waals surface area contributed by atoms with Crippen LogP contribution in [0.5, 0.6) is 5.75 Å². The number of likely N-dealkylation sites (tertiary alicyclic amines) is 1. The van der Waals surface area contributed by atoms with Crippen LogP contribution in [0.4, 0.5) is 10.1 Å². The van der Waals surface area contributed by atoms with Gasteiger partial charge in [-0.05, 0) is 26.0 Å². The maximum absolute atomic E-state index is 13.9. The molecule has 5 nitrogen and oxygen atoms in total. The number of rotatable bonds is 1. The molecule has 1 aromatic rings. The van der Waals surface area contributed by atoms with Crippen LogP contribution in [0.3, 0.4) is 0 Å². The fourth-order valence-corrected chi connectivity index (χ4v) is 2.95. The number of ether oxygens (including phenoxy) is 1. The lowest BCUT2D eigenvalue weighted by Crippen LogP contribution is -2.53. The van der Waals surface area contributed by atoms with Crippen molar-refractivity contribution in [3.63, 3.8) is 0 Å². The number of carbonyl (C=O) groups excluding carboxylic acids is 1. The van der Waals surface area contributed by atoms with Gasteiger partial charge in [-0.2, -0.15) is 0 Å². The van der Waals surface area contributed by atoms with Crippen LogP contribution in [0.25, 0.3) is 4.85 Å². The molecule has 110 valence electrons. The number of benzene rings is 1. The first-order valence-electron chi connectivity index (χ1n) is 6.88. The van der Waals surface area contributed by atoms with Crippen LogP contribution in [-0.2, 0) is 4.79 Å². The highest BCUT2D eigenvalue weighted by Crippen LogP contribution is 2.42. The number of nitrogens with one attached hydrogen (secondary N) is 1. The summed E-state index contributed by atoms with van der Waals surface area (Å²) in [4.78, 5) is 17.9. The van der Waals surface area contributed by atoms with Gasteiger partial charge in [0.05, 0.1) is 18.7 Å². The first kappa shape index (κ1) is 13.8. The highest BCUT2D eigenvalue weighted by Gasteiger charge is 2.57. The fraction of sp³-hybridized carbons (Fsp3) is 0.467. The van der Waals surface area contributed by atoms with Gasteiger partial charge in [-0.1, -0.05) is 6.07 Å². The molecule has 0 saturated carbocycles. The minimum absolute atomic E-state index is 0.0615. The van der Waals surface area contributed by atoms with Gasteiger partial charge in [-0.25, -0.2) is 15.9 Å². The van der Waals surface area contributed by atoms with E-state index in [1.807, 2.05) is 18.7 Å². The predicted molar refractivity (Wildman–Crippen MR) is 75.2 cm³/mol. The van der Waals surface area contributed by atoms with Crippen molar-refractivity contribution < 1.29 is 13.9 Å². The highest BCUT2D eigenvalue weighted by atomic mass is 19.1. The number of hydrogen-bond donors (Lipinski definition) is 1. The molecule has 1 aromatic carbocycles. The van der Waals surface area contributed by atoms with Gasteiger partial charge in [-0.15, -0.1) is 0 Å². The summed E-state index contributed by atoms with van der Waals surface area (Å²) in [6.07, 6.45) is -0.182. The van der Waals surface area contributed by atoms with Gasteiger partial charge in [0.15, 0.2) is 11.6 Å². The molecule has 0 aromatic heterocycles. The highest BCUT2D eigenvalue weighted by molar-refractivity contribution is 6.01. The van der Waals surface area contributed by atoms with Gasteiger partial charge in [0.1, 0.15) is 0 Å². The number of para-hydroxylation sites is 1. The minimum Gasteiger partial charge on any atom is -0.470 e. The maximum Gasteiger partial charge on any atom is 0.284 e. The Morgan fingerprint density at radius 1 is 1.57 bits per heavy atom. The first-order valence-corrected chi connectivity index (χ1v) is 6.88. The van der Waals surface area contributed by atoms with Crippen molar-refractivity contribution in [3.8, 4) is 5.75 Å². The lowest BCUT2D eigenvalue weighted by Gasteiger charge is -2.34. The Hall–Kier alpha value is -2.13. The van der Waals surface area contributed by atoms with Gasteiger partial charge < -0.3 is 10.1 Å². The molecular weight excluding hydrogens is 273 g/mol. The molecule has 1 fully saturated rings. The Morgan fingerprint density at radius 2 is 2.33 bits per heavy atom. The number of carbonyl (C=O) groups is 1. The van der Waals surface area contributed by atoms with E-state index < -0.39 is 17.6 Å². The summed E-state index contributed by atoms with van der Waals surface area (Å²) in [5, 5.41) is 2.70. The second-order valence-electron chi connectivity index (χ2n) is 5.75. The topological polar surface area (TPSA) is 45.9 Å². The monoisotopic (exact) mass is 289 g/mol. The van der Waals surface area contributed by atoms with Crippen LogP contribution >= 0.6 is 0 Å². The number of anilines is 1. The average molecular weight is 289 g/mol. The van der Waals surface area contributed by atoms with Gasteiger partial charge in [0.2, 0.25) is 5.60 Å². The molecule has 0 aliphatic carbocycles. The normalized spacial score (nSPS) is 28.1. The van der Waals surface area contributed by atoms with Crippen molar-refractivity contribution in [1.29, 1.82) is 0 Å². The van der Waals surface area contributed by atoms with Crippen LogP contribution in [-0.4, -0.2) is 35.2 Å². The molecule has 3 rings (SSSR count). The van der Waals surface area contributed by atoms with Crippen molar-refractivity contribution in [3.05, 3.63) is 35.4 Å². The summed E-state index contributed by atoms with van der Waals surface area (Å²) < 4.78 is 19.7. The third-order valence-corrected chi connectivity index (χ3v) is 4.07. The lowest BCUT2D eigenvalue weighted by atomic mass is 9.98. The molecular formula is C15H16FN3O2. The molecule has 2 aliphatic rings. The molecule has 1 saturated heterocycles. The van der Waals surface area contributed by atoms with Gasteiger partial charge in [0, 0.05) is 6.04 Å². The minimum atomic E-state index is -1.19. The second-order valence-corrected chi connectivity index (χ2v) is 5.75. The Kier molecular flexibility index (Phi) is 3.10. The van der Waals surface area contributed by atoms with Crippen molar-refractivity contribution >= 4 is 11.6 Å². The number of halogens is 1. The number of hydrogen-bond acceptors (Lipinski definition) is 3. The zero-order valence-corrected chi connectivity index (χ0v) is 11.9. The molecule has 2 heterocycles. The predicted octanol–water partition coefficient (Wildman–Crippen LogP) is 2.25. The van der Waals surface area contributed by atoms with E-state index >= 15 is 0 Å². The van der Waals surface area contributed by atoms with Gasteiger partial charge in [-0.3, -0.25) is 9.64 Å². The lowest BCUT2D eigenvalue weighted by molar-refractivity contribution is -0.131. The maximum atomic E-state index is 13.9. The van der Waals surface area contributed by atoms with Gasteiger partial charge in [0.25, 0.3) is 12.1 Å². The quantitative estimate of drug-likeness (QED) is 0.807. The Morgan fingerprint density at radius 3 is 2.95 bits per heavy atom. The summed E-state index contributed by atoms with van der Waals surface area (Å²) in [6, 6.07) is 4.53. The molecule has 1 N–H and O–H groups in total. The summed E-state index contributed by atoms with van der Waals surface area (Å²) in [7, 11) is 0. The molecule has 6 heteroatoms. The van der Waals surface area contributed by atoms with Gasteiger partial charge >= 0.3 is 0 Å². The van der Waals surface area contributed by atoms with E-state index in [0.717, 1.165) is 0 Å². The van der Waals surface area contributed by atoms with Crippen molar-refractivity contribution in [2.24, 2.45) is 0 Å². The second kappa shape index (κ2) is 4.71. The van der Waals surface area contributed by atoms with E-state index in [1.54, 1.807) is 6.07 Å². The molecule has 2 atom stereocenters. The van der Waals surface area contributed by atoms with E-state index in [9.17, 15) is 9.18 Å². The largest absolute Gasteiger partial charge is 0.470 e. The van der Waals surface area contributed by atoms with Crippen LogP contribution < -0.4 is 10.1 Å². The van der Waals surface area contributed by atoms with E-state index in [1.165, 1.54) is 12.1 Å². The summed E-state index contributed by atoms with van der Waals surface area (Å²) in [5.41, 5.74) is -0.845. The summed E-state index contributed by atoms with van der Waals surface area (Å²) in [6.45, 7) is 11.5. The van der Waals surface area contributed by atoms with E-state index in [2.05, 4.69) is 10.2 Å². The zero-order valence-electron chi connectivity index (χ0n) is 11.9.